The lowest BCUT2D eigenvalue weighted by Gasteiger charge is -2.12. The van der Waals surface area contributed by atoms with Crippen molar-refractivity contribution >= 4 is 79.3 Å². The van der Waals surface area contributed by atoms with Crippen molar-refractivity contribution in [3.8, 4) is 0 Å². The van der Waals surface area contributed by atoms with Crippen LogP contribution in [0.5, 0.6) is 0 Å². The van der Waals surface area contributed by atoms with E-state index in [1.165, 1.54) is 0 Å². The van der Waals surface area contributed by atoms with Gasteiger partial charge in [-0.25, -0.2) is 42.1 Å². The summed E-state index contributed by atoms with van der Waals surface area (Å²) in [4.78, 5) is -6.89. The molecule has 5 aromatic carbocycles. The maximum absolute atomic E-state index is 13.7. The Morgan fingerprint density at radius 2 is 0.444 bits per heavy atom. The summed E-state index contributed by atoms with van der Waals surface area (Å²) in [7, 11) is -26.9. The summed E-state index contributed by atoms with van der Waals surface area (Å²) >= 11 is 0. The Morgan fingerprint density at radius 1 is 0.278 bits per heavy atom. The summed E-state index contributed by atoms with van der Waals surface area (Å²) in [5.41, 5.74) is 0. The maximum atomic E-state index is 13.7. The van der Waals surface area contributed by atoms with Gasteiger partial charge in [0.15, 0.2) is 0 Å². The molecule has 0 amide bonds. The van der Waals surface area contributed by atoms with Gasteiger partial charge in [-0.3, -0.25) is 9.11 Å². The average Bonchev–Trinajstić information content (AvgIpc) is 3.10. The molecule has 5 rings (SSSR count). The third-order valence-corrected chi connectivity index (χ3v) is 17.6. The predicted molar refractivity (Wildman–Crippen MR) is 187 cm³/mol. The van der Waals surface area contributed by atoms with Crippen molar-refractivity contribution in [2.24, 2.45) is 0 Å². The van der Waals surface area contributed by atoms with Crippen LogP contribution in [-0.2, 0) is 68.6 Å². The summed E-state index contributed by atoms with van der Waals surface area (Å²) in [6.45, 7) is 0. The van der Waals surface area contributed by atoms with Gasteiger partial charge in [0.2, 0.25) is 39.3 Å². The van der Waals surface area contributed by atoms with E-state index >= 15 is 0 Å². The molecule has 0 aliphatic carbocycles. The van der Waals surface area contributed by atoms with Gasteiger partial charge >= 0.3 is 0 Å². The molecule has 16 nitrogen and oxygen atoms in total. The van der Waals surface area contributed by atoms with E-state index in [4.69, 9.17) is 19.8 Å². The highest BCUT2D eigenvalue weighted by Crippen LogP contribution is 2.33. The highest BCUT2D eigenvalue weighted by molar-refractivity contribution is 8.13. The smallest absolute Gasteiger partial charge is 0.282 e. The van der Waals surface area contributed by atoms with E-state index in [0.29, 0.717) is 18.2 Å². The molecule has 24 heteroatoms. The zero-order valence-electron chi connectivity index (χ0n) is 26.3. The van der Waals surface area contributed by atoms with Crippen molar-refractivity contribution < 1.29 is 68.0 Å². The number of hydrogen-bond acceptors (Lipinski definition) is 14. The molecule has 0 radical (unpaired) electrons. The lowest BCUT2D eigenvalue weighted by atomic mass is 10.3. The molecule has 0 aromatic heterocycles. The first-order valence-electron chi connectivity index (χ1n) is 14.1. The molecule has 0 saturated carbocycles. The molecule has 0 unspecified atom stereocenters. The summed E-state index contributed by atoms with van der Waals surface area (Å²) in [6, 6.07) is 15.5. The quantitative estimate of drug-likeness (QED) is 0.142. The first-order valence-corrected chi connectivity index (χ1v) is 25.2. The van der Waals surface area contributed by atoms with Crippen LogP contribution in [0.4, 0.5) is 0 Å². The zero-order valence-corrected chi connectivity index (χ0v) is 32.8. The number of rotatable bonds is 11. The topological polar surface area (TPSA) is 279 Å². The second-order valence-corrected chi connectivity index (χ2v) is 24.1. The van der Waals surface area contributed by atoms with Gasteiger partial charge in [0.25, 0.3) is 29.3 Å². The molecule has 0 aliphatic rings. The molecular weight excluding hydrogens is 876 g/mol. The Morgan fingerprint density at radius 3 is 0.630 bits per heavy atom. The molecule has 0 heterocycles. The van der Waals surface area contributed by atoms with Gasteiger partial charge in [0, 0.05) is 10.7 Å². The number of benzene rings is 5. The van der Waals surface area contributed by atoms with E-state index < -0.39 is 122 Å². The normalized spacial score (nSPS) is 13.4. The summed E-state index contributed by atoms with van der Waals surface area (Å²) in [5.74, 6) is 0. The monoisotopic (exact) mass is 896 g/mol. The molecule has 0 bridgehead atoms. The fourth-order valence-electron chi connectivity index (χ4n) is 4.72. The first-order chi connectivity index (χ1) is 24.7. The molecule has 286 valence electrons. The van der Waals surface area contributed by atoms with Crippen LogP contribution in [0.1, 0.15) is 0 Å². The molecular formula is C30H21ClO16S7. The van der Waals surface area contributed by atoms with Crippen LogP contribution in [0.2, 0.25) is 0 Å². The number of sulfone groups is 4. The van der Waals surface area contributed by atoms with Crippen molar-refractivity contribution in [3.05, 3.63) is 115 Å². The minimum absolute atomic E-state index is 0.416. The van der Waals surface area contributed by atoms with Crippen LogP contribution in [0, 0.1) is 0 Å². The van der Waals surface area contributed by atoms with Gasteiger partial charge in [-0.2, -0.15) is 16.8 Å². The lowest BCUT2D eigenvalue weighted by molar-refractivity contribution is 0.481. The molecule has 0 saturated heterocycles. The predicted octanol–water partition coefficient (Wildman–Crippen LogP) is 3.44. The largest absolute Gasteiger partial charge is 0.294 e. The van der Waals surface area contributed by atoms with Crippen LogP contribution >= 0.6 is 10.7 Å². The van der Waals surface area contributed by atoms with Crippen molar-refractivity contribution in [3.63, 3.8) is 0 Å². The van der Waals surface area contributed by atoms with E-state index in [-0.39, 0.29) is 0 Å². The third-order valence-electron chi connectivity index (χ3n) is 7.51. The number of hydrogen-bond donors (Lipinski definition) is 2. The average molecular weight is 897 g/mol. The summed E-state index contributed by atoms with van der Waals surface area (Å²) < 4.78 is 195. The van der Waals surface area contributed by atoms with Crippen LogP contribution in [-0.4, -0.2) is 68.0 Å². The second-order valence-electron chi connectivity index (χ2n) is 10.9. The Kier molecular flexibility index (Phi) is 10.6. The van der Waals surface area contributed by atoms with E-state index in [1.807, 2.05) is 0 Å². The Bertz CT molecular complexity index is 2910. The highest BCUT2D eigenvalue weighted by atomic mass is 35.7. The molecule has 0 spiro atoms. The van der Waals surface area contributed by atoms with E-state index in [2.05, 4.69) is 0 Å². The third kappa shape index (κ3) is 8.14. The van der Waals surface area contributed by atoms with Crippen LogP contribution in [0.25, 0.3) is 0 Å². The van der Waals surface area contributed by atoms with E-state index in [1.54, 1.807) is 0 Å². The van der Waals surface area contributed by atoms with Crippen molar-refractivity contribution in [2.45, 2.75) is 53.9 Å². The fraction of sp³-hybridized carbons (Fsp3) is 0. The van der Waals surface area contributed by atoms with Crippen LogP contribution in [0.3, 0.4) is 0 Å². The highest BCUT2D eigenvalue weighted by Gasteiger charge is 2.29. The number of halogens is 1. The van der Waals surface area contributed by atoms with Crippen molar-refractivity contribution in [2.75, 3.05) is 0 Å². The van der Waals surface area contributed by atoms with Gasteiger partial charge in [0.1, 0.15) is 0 Å². The second kappa shape index (κ2) is 13.9. The van der Waals surface area contributed by atoms with Crippen LogP contribution in [0.15, 0.2) is 169 Å². The minimum atomic E-state index is -4.81. The zero-order chi connectivity index (χ0) is 40.3. The van der Waals surface area contributed by atoms with Crippen LogP contribution < -0.4 is 0 Å². The van der Waals surface area contributed by atoms with Gasteiger partial charge < -0.3 is 0 Å². The van der Waals surface area contributed by atoms with Gasteiger partial charge in [0.05, 0.1) is 53.9 Å². The molecule has 0 atom stereocenters. The van der Waals surface area contributed by atoms with Crippen molar-refractivity contribution in [1.29, 1.82) is 0 Å². The lowest BCUT2D eigenvalue weighted by Crippen LogP contribution is -2.09. The molecule has 0 fully saturated rings. The summed E-state index contributed by atoms with van der Waals surface area (Å²) in [5, 5.41) is 0. The molecule has 54 heavy (non-hydrogen) atoms. The SMILES string of the molecule is O=S(=O)(O)c1ccc(S(=O)(=O)c2ccc(S(=O)(=O)c3cc(S(=O)(=O)Cl)cc(S(=O)(=O)c4ccc(S(=O)(=O)c5ccc(S(=O)(=O)O)cc5)cc4)c3)cc2)cc1. The van der Waals surface area contributed by atoms with Gasteiger partial charge in [-0.05, 0) is 115 Å². The summed E-state index contributed by atoms with van der Waals surface area (Å²) in [6.07, 6.45) is 0. The molecule has 5 aromatic rings. The molecule has 0 aliphatic heterocycles. The van der Waals surface area contributed by atoms with E-state index in [9.17, 15) is 58.9 Å². The Labute approximate surface area is 314 Å². The van der Waals surface area contributed by atoms with E-state index in [0.717, 1.165) is 97.1 Å². The van der Waals surface area contributed by atoms with Gasteiger partial charge in [-0.1, -0.05) is 0 Å². The minimum Gasteiger partial charge on any atom is -0.282 e. The van der Waals surface area contributed by atoms with Crippen molar-refractivity contribution in [1.82, 2.24) is 0 Å². The Balaban J connectivity index is 1.51. The Hall–Kier alpha value is -4.04. The molecule has 2 N–H and O–H groups in total. The standard InChI is InChI=1S/C30H21ClO16S7/c31-52(40,41)30-18-28(50(36,37)24-5-1-20(2-6-24)48(32,33)22-9-13-26(14-10-22)53(42,43)44)17-29(19-30)51(38,39)25-7-3-21(4-8-25)49(34,35)23-11-15-27(16-12-23)54(45,46)47/h1-19H,(H,42,43,44)(H,45,46,47). The van der Waals surface area contributed by atoms with Gasteiger partial charge in [-0.15, -0.1) is 0 Å². The maximum Gasteiger partial charge on any atom is 0.294 e. The fourth-order valence-corrected chi connectivity index (χ4v) is 11.9. The first kappa shape index (κ1) is 41.1.